The van der Waals surface area contributed by atoms with Crippen molar-refractivity contribution in [3.8, 4) is 5.75 Å². The molecule has 3 aliphatic rings. The SMILES string of the molecule is CN1C2=C(C(=O)CCC2)C(c2cc(Br)c(O)c(Br)c2)C2=C1CCCC2=O. The first kappa shape index (κ1) is 18.0. The Bertz CT molecular complexity index is 833. The van der Waals surface area contributed by atoms with Gasteiger partial charge in [-0.1, -0.05) is 0 Å². The van der Waals surface area contributed by atoms with Crippen molar-refractivity contribution in [3.05, 3.63) is 49.2 Å². The molecule has 0 saturated carbocycles. The maximum absolute atomic E-state index is 12.9. The highest BCUT2D eigenvalue weighted by Gasteiger charge is 2.42. The van der Waals surface area contributed by atoms with Crippen LogP contribution in [-0.4, -0.2) is 28.6 Å². The van der Waals surface area contributed by atoms with E-state index in [0.29, 0.717) is 21.8 Å². The number of aromatic hydroxyl groups is 1. The molecule has 0 bridgehead atoms. The van der Waals surface area contributed by atoms with Crippen molar-refractivity contribution in [2.75, 3.05) is 7.05 Å². The van der Waals surface area contributed by atoms with Crippen molar-refractivity contribution in [2.45, 2.75) is 44.4 Å². The summed E-state index contributed by atoms with van der Waals surface area (Å²) in [7, 11) is 1.99. The number of benzene rings is 1. The standard InChI is InChI=1S/C20H19Br2NO3/c1-23-13-4-2-6-15(24)18(13)17(19-14(23)5-3-7-16(19)25)10-8-11(21)20(26)12(22)9-10/h8-9,17,26H,2-7H2,1H3. The number of nitrogens with zero attached hydrogens (tertiary/aromatic N) is 1. The number of halogens is 2. The van der Waals surface area contributed by atoms with Gasteiger partial charge in [0.25, 0.3) is 0 Å². The summed E-state index contributed by atoms with van der Waals surface area (Å²) in [6, 6.07) is 3.66. The fourth-order valence-electron chi connectivity index (χ4n) is 4.44. The largest absolute Gasteiger partial charge is 0.506 e. The van der Waals surface area contributed by atoms with Crippen LogP contribution in [0.1, 0.15) is 50.0 Å². The first-order valence-electron chi connectivity index (χ1n) is 8.84. The molecule has 6 heteroatoms. The smallest absolute Gasteiger partial charge is 0.161 e. The molecule has 1 aromatic carbocycles. The van der Waals surface area contributed by atoms with E-state index in [-0.39, 0.29) is 23.2 Å². The maximum Gasteiger partial charge on any atom is 0.161 e. The molecule has 4 nitrogen and oxygen atoms in total. The number of rotatable bonds is 1. The van der Waals surface area contributed by atoms with Gasteiger partial charge in [-0.2, -0.15) is 0 Å². The van der Waals surface area contributed by atoms with E-state index in [1.54, 1.807) is 0 Å². The van der Waals surface area contributed by atoms with Gasteiger partial charge in [0.1, 0.15) is 5.75 Å². The predicted molar refractivity (Wildman–Crippen MR) is 106 cm³/mol. The lowest BCUT2D eigenvalue weighted by Crippen LogP contribution is -2.37. The Kier molecular flexibility index (Phi) is 4.59. The number of carbonyl (C=O) groups excluding carboxylic acids is 2. The summed E-state index contributed by atoms with van der Waals surface area (Å²) in [4.78, 5) is 27.9. The average molecular weight is 481 g/mol. The van der Waals surface area contributed by atoms with Gasteiger partial charge in [-0.25, -0.2) is 0 Å². The summed E-state index contributed by atoms with van der Waals surface area (Å²) in [5, 5.41) is 10.1. The van der Waals surface area contributed by atoms with E-state index in [2.05, 4.69) is 36.8 Å². The van der Waals surface area contributed by atoms with Crippen molar-refractivity contribution in [3.63, 3.8) is 0 Å². The molecule has 1 heterocycles. The van der Waals surface area contributed by atoms with Gasteiger partial charge in [-0.05, 0) is 75.2 Å². The van der Waals surface area contributed by atoms with Crippen LogP contribution in [0.15, 0.2) is 43.6 Å². The van der Waals surface area contributed by atoms with Crippen molar-refractivity contribution >= 4 is 43.4 Å². The Morgan fingerprint density at radius 2 is 1.38 bits per heavy atom. The molecule has 0 aromatic heterocycles. The minimum Gasteiger partial charge on any atom is -0.506 e. The van der Waals surface area contributed by atoms with E-state index in [0.717, 1.165) is 53.8 Å². The summed E-state index contributed by atoms with van der Waals surface area (Å²) in [6.45, 7) is 0. The normalized spacial score (nSPS) is 21.3. The number of ketones is 2. The van der Waals surface area contributed by atoms with Gasteiger partial charge in [0.15, 0.2) is 11.6 Å². The number of hydrogen-bond acceptors (Lipinski definition) is 4. The Labute approximate surface area is 169 Å². The minimum absolute atomic E-state index is 0.120. The zero-order valence-corrected chi connectivity index (χ0v) is 17.6. The third-order valence-corrected chi connectivity index (χ3v) is 6.83. The van der Waals surface area contributed by atoms with E-state index in [9.17, 15) is 14.7 Å². The van der Waals surface area contributed by atoms with Crippen molar-refractivity contribution in [2.24, 2.45) is 0 Å². The highest BCUT2D eigenvalue weighted by atomic mass is 79.9. The van der Waals surface area contributed by atoms with Crippen LogP contribution in [0.5, 0.6) is 5.75 Å². The molecule has 0 saturated heterocycles. The molecule has 1 aliphatic heterocycles. The fourth-order valence-corrected chi connectivity index (χ4v) is 5.66. The number of carbonyl (C=O) groups is 2. The molecule has 4 rings (SSSR count). The summed E-state index contributed by atoms with van der Waals surface area (Å²) < 4.78 is 1.10. The first-order valence-corrected chi connectivity index (χ1v) is 10.4. The molecule has 1 aromatic rings. The van der Waals surface area contributed by atoms with Crippen LogP contribution >= 0.6 is 31.9 Å². The van der Waals surface area contributed by atoms with Crippen LogP contribution in [0.4, 0.5) is 0 Å². The molecule has 0 radical (unpaired) electrons. The summed E-state index contributed by atoms with van der Waals surface area (Å²) in [6.07, 6.45) is 4.49. The molecule has 1 N–H and O–H groups in total. The van der Waals surface area contributed by atoms with Crippen LogP contribution in [0.3, 0.4) is 0 Å². The van der Waals surface area contributed by atoms with Crippen LogP contribution in [0, 0.1) is 0 Å². The summed E-state index contributed by atoms with van der Waals surface area (Å²) in [5.41, 5.74) is 4.50. The number of allylic oxidation sites excluding steroid dienone is 4. The number of Topliss-reactive ketones (excluding diaryl/α,β-unsaturated/α-hetero) is 2. The highest BCUT2D eigenvalue weighted by Crippen LogP contribution is 2.50. The second-order valence-electron chi connectivity index (χ2n) is 7.10. The molecule has 26 heavy (non-hydrogen) atoms. The predicted octanol–water partition coefficient (Wildman–Crippen LogP) is 4.96. The topological polar surface area (TPSA) is 57.6 Å². The van der Waals surface area contributed by atoms with Crippen molar-refractivity contribution in [1.29, 1.82) is 0 Å². The lowest BCUT2D eigenvalue weighted by molar-refractivity contribution is -0.117. The van der Waals surface area contributed by atoms with Crippen LogP contribution in [-0.2, 0) is 9.59 Å². The Morgan fingerprint density at radius 3 is 1.85 bits per heavy atom. The lowest BCUT2D eigenvalue weighted by atomic mass is 9.71. The van der Waals surface area contributed by atoms with Crippen molar-refractivity contribution in [1.82, 2.24) is 4.90 Å². The first-order chi connectivity index (χ1) is 12.4. The van der Waals surface area contributed by atoms with Gasteiger partial charge in [0.2, 0.25) is 0 Å². The second-order valence-corrected chi connectivity index (χ2v) is 8.81. The van der Waals surface area contributed by atoms with E-state index in [4.69, 9.17) is 0 Å². The zero-order chi connectivity index (χ0) is 18.6. The molecule has 136 valence electrons. The van der Waals surface area contributed by atoms with E-state index < -0.39 is 0 Å². The Hall–Kier alpha value is -1.40. The quantitative estimate of drug-likeness (QED) is 0.617. The van der Waals surface area contributed by atoms with Gasteiger partial charge in [0, 0.05) is 48.3 Å². The summed E-state index contributed by atoms with van der Waals surface area (Å²) in [5.74, 6) is 0.0433. The molecule has 2 aliphatic carbocycles. The van der Waals surface area contributed by atoms with Gasteiger partial charge < -0.3 is 10.0 Å². The fraction of sp³-hybridized carbons (Fsp3) is 0.400. The van der Waals surface area contributed by atoms with Gasteiger partial charge in [0.05, 0.1) is 8.95 Å². The van der Waals surface area contributed by atoms with E-state index in [1.807, 2.05) is 19.2 Å². The third-order valence-electron chi connectivity index (χ3n) is 5.62. The molecule has 0 atom stereocenters. The molecule has 0 fully saturated rings. The Morgan fingerprint density at radius 1 is 0.923 bits per heavy atom. The van der Waals surface area contributed by atoms with Gasteiger partial charge >= 0.3 is 0 Å². The number of phenolic OH excluding ortho intramolecular Hbond substituents is 1. The molecule has 0 unspecified atom stereocenters. The monoisotopic (exact) mass is 479 g/mol. The zero-order valence-electron chi connectivity index (χ0n) is 14.4. The lowest BCUT2D eigenvalue weighted by Gasteiger charge is -2.42. The average Bonchev–Trinajstić information content (AvgIpc) is 2.61. The Balaban J connectivity index is 1.98. The van der Waals surface area contributed by atoms with Gasteiger partial charge in [-0.3, -0.25) is 9.59 Å². The minimum atomic E-state index is -0.343. The number of phenols is 1. The number of hydrogen-bond donors (Lipinski definition) is 1. The molecule has 0 amide bonds. The second kappa shape index (κ2) is 6.64. The van der Waals surface area contributed by atoms with Crippen molar-refractivity contribution < 1.29 is 14.7 Å². The summed E-state index contributed by atoms with van der Waals surface area (Å²) >= 11 is 6.78. The van der Waals surface area contributed by atoms with Crippen LogP contribution in [0.2, 0.25) is 0 Å². The molecule has 0 spiro atoms. The molecular weight excluding hydrogens is 462 g/mol. The van der Waals surface area contributed by atoms with Crippen LogP contribution < -0.4 is 0 Å². The van der Waals surface area contributed by atoms with Crippen LogP contribution in [0.25, 0.3) is 0 Å². The molecular formula is C20H19Br2NO3. The highest BCUT2D eigenvalue weighted by molar-refractivity contribution is 9.11. The third kappa shape index (κ3) is 2.69. The van der Waals surface area contributed by atoms with Gasteiger partial charge in [-0.15, -0.1) is 0 Å². The van der Waals surface area contributed by atoms with E-state index in [1.165, 1.54) is 0 Å². The van der Waals surface area contributed by atoms with E-state index >= 15 is 0 Å². The maximum atomic E-state index is 12.9.